The van der Waals surface area contributed by atoms with Crippen LogP contribution in [0.4, 0.5) is 5.13 Å². The lowest BCUT2D eigenvalue weighted by atomic mass is 10.4. The minimum absolute atomic E-state index is 0.375. The van der Waals surface area contributed by atoms with Crippen LogP contribution in [0, 0.1) is 5.92 Å². The highest BCUT2D eigenvalue weighted by Gasteiger charge is 2.51. The van der Waals surface area contributed by atoms with Crippen LogP contribution in [0.15, 0.2) is 5.38 Å². The third kappa shape index (κ3) is 2.33. The number of aryl methyl sites for hydroxylation is 1. The molecule has 1 aromatic heterocycles. The van der Waals surface area contributed by atoms with Gasteiger partial charge in [0.05, 0.1) is 5.69 Å². The van der Waals surface area contributed by atoms with E-state index < -0.39 is 4.33 Å². The molecule has 2 nitrogen and oxygen atoms in total. The SMILES string of the molecule is CCc1csc(NCC2CC2(Cl)Cl)n1. The molecule has 1 aliphatic rings. The average molecular weight is 251 g/mol. The number of thiazole rings is 1. The monoisotopic (exact) mass is 250 g/mol. The Morgan fingerprint density at radius 2 is 2.43 bits per heavy atom. The normalized spacial score (nSPS) is 23.5. The maximum atomic E-state index is 5.91. The third-order valence-electron chi connectivity index (χ3n) is 2.37. The van der Waals surface area contributed by atoms with Crippen LogP contribution in [-0.4, -0.2) is 15.9 Å². The molecule has 0 saturated heterocycles. The van der Waals surface area contributed by atoms with E-state index in [1.165, 1.54) is 0 Å². The van der Waals surface area contributed by atoms with E-state index in [1.54, 1.807) is 11.3 Å². The van der Waals surface area contributed by atoms with Crippen molar-refractivity contribution in [2.45, 2.75) is 24.1 Å². The average Bonchev–Trinajstić information content (AvgIpc) is 2.62. The number of halogens is 2. The molecule has 0 aromatic carbocycles. The van der Waals surface area contributed by atoms with Gasteiger partial charge in [-0.15, -0.1) is 34.5 Å². The zero-order valence-electron chi connectivity index (χ0n) is 7.89. The second kappa shape index (κ2) is 3.87. The third-order valence-corrected chi connectivity index (χ3v) is 4.14. The molecule has 2 rings (SSSR count). The summed E-state index contributed by atoms with van der Waals surface area (Å²) in [5, 5.41) is 6.30. The van der Waals surface area contributed by atoms with Crippen molar-refractivity contribution in [3.8, 4) is 0 Å². The fraction of sp³-hybridized carbons (Fsp3) is 0.667. The van der Waals surface area contributed by atoms with Gasteiger partial charge in [0.2, 0.25) is 0 Å². The smallest absolute Gasteiger partial charge is 0.182 e. The van der Waals surface area contributed by atoms with Gasteiger partial charge in [-0.2, -0.15) is 0 Å². The first-order valence-electron chi connectivity index (χ1n) is 4.68. The maximum Gasteiger partial charge on any atom is 0.182 e. The quantitative estimate of drug-likeness (QED) is 0.830. The molecule has 1 atom stereocenters. The van der Waals surface area contributed by atoms with Crippen molar-refractivity contribution in [3.63, 3.8) is 0 Å². The minimum Gasteiger partial charge on any atom is -0.361 e. The molecule has 14 heavy (non-hydrogen) atoms. The van der Waals surface area contributed by atoms with Crippen molar-refractivity contribution >= 4 is 39.7 Å². The van der Waals surface area contributed by atoms with E-state index in [-0.39, 0.29) is 0 Å². The number of aromatic nitrogens is 1. The van der Waals surface area contributed by atoms with E-state index in [0.717, 1.165) is 30.2 Å². The molecule has 0 aliphatic heterocycles. The van der Waals surface area contributed by atoms with Crippen molar-refractivity contribution in [2.75, 3.05) is 11.9 Å². The lowest BCUT2D eigenvalue weighted by Gasteiger charge is -2.01. The van der Waals surface area contributed by atoms with Gasteiger partial charge in [0.15, 0.2) is 5.13 Å². The summed E-state index contributed by atoms with van der Waals surface area (Å²) in [5.41, 5.74) is 1.14. The summed E-state index contributed by atoms with van der Waals surface area (Å²) in [6, 6.07) is 0. The lowest BCUT2D eigenvalue weighted by molar-refractivity contribution is 0.871. The summed E-state index contributed by atoms with van der Waals surface area (Å²) < 4.78 is -0.488. The molecule has 0 spiro atoms. The van der Waals surface area contributed by atoms with Gasteiger partial charge in [-0.05, 0) is 12.8 Å². The number of hydrogen-bond acceptors (Lipinski definition) is 3. The molecule has 0 amide bonds. The van der Waals surface area contributed by atoms with Gasteiger partial charge in [0, 0.05) is 17.8 Å². The molecule has 0 bridgehead atoms. The first-order chi connectivity index (χ1) is 6.62. The van der Waals surface area contributed by atoms with Crippen LogP contribution >= 0.6 is 34.5 Å². The minimum atomic E-state index is -0.488. The molecule has 1 unspecified atom stereocenters. The van der Waals surface area contributed by atoms with Crippen molar-refractivity contribution in [1.29, 1.82) is 0 Å². The molecule has 1 aromatic rings. The number of nitrogens with zero attached hydrogens (tertiary/aromatic N) is 1. The lowest BCUT2D eigenvalue weighted by Crippen LogP contribution is -2.07. The standard InChI is InChI=1S/C9H12Cl2N2S/c1-2-7-5-14-8(13-7)12-4-6-3-9(6,10)11/h5-6H,2-4H2,1H3,(H,12,13). The van der Waals surface area contributed by atoms with Crippen LogP contribution in [0.25, 0.3) is 0 Å². The number of hydrogen-bond donors (Lipinski definition) is 1. The first kappa shape index (κ1) is 10.5. The van der Waals surface area contributed by atoms with Gasteiger partial charge in [-0.1, -0.05) is 6.92 Å². The second-order valence-electron chi connectivity index (χ2n) is 3.54. The number of rotatable bonds is 4. The zero-order chi connectivity index (χ0) is 10.2. The summed E-state index contributed by atoms with van der Waals surface area (Å²) in [6.45, 7) is 2.92. The van der Waals surface area contributed by atoms with Gasteiger partial charge in [0.25, 0.3) is 0 Å². The van der Waals surface area contributed by atoms with E-state index in [4.69, 9.17) is 23.2 Å². The summed E-state index contributed by atoms with van der Waals surface area (Å²) in [4.78, 5) is 4.40. The predicted molar refractivity (Wildman–Crippen MR) is 62.5 cm³/mol. The fourth-order valence-corrected chi connectivity index (χ4v) is 2.58. The summed E-state index contributed by atoms with van der Waals surface area (Å²) in [7, 11) is 0. The molecule has 1 N–H and O–H groups in total. The zero-order valence-corrected chi connectivity index (χ0v) is 10.2. The largest absolute Gasteiger partial charge is 0.361 e. The van der Waals surface area contributed by atoms with Crippen LogP contribution < -0.4 is 5.32 Å². The van der Waals surface area contributed by atoms with E-state index in [2.05, 4.69) is 22.6 Å². The molecule has 1 saturated carbocycles. The van der Waals surface area contributed by atoms with Crippen molar-refractivity contribution in [3.05, 3.63) is 11.1 Å². The summed E-state index contributed by atoms with van der Waals surface area (Å²) in [5.74, 6) is 0.375. The highest BCUT2D eigenvalue weighted by molar-refractivity contribution is 7.13. The van der Waals surface area contributed by atoms with E-state index in [1.807, 2.05) is 0 Å². The highest BCUT2D eigenvalue weighted by Crippen LogP contribution is 2.52. The van der Waals surface area contributed by atoms with Gasteiger partial charge >= 0.3 is 0 Å². The van der Waals surface area contributed by atoms with Crippen LogP contribution in [0.5, 0.6) is 0 Å². The van der Waals surface area contributed by atoms with E-state index >= 15 is 0 Å². The fourth-order valence-electron chi connectivity index (χ4n) is 1.25. The molecule has 78 valence electrons. The Labute approximate surface area is 97.6 Å². The molecule has 5 heteroatoms. The Hall–Kier alpha value is 0.01000. The topological polar surface area (TPSA) is 24.9 Å². The Balaban J connectivity index is 1.81. The molecule has 1 heterocycles. The summed E-state index contributed by atoms with van der Waals surface area (Å²) in [6.07, 6.45) is 1.87. The van der Waals surface area contributed by atoms with Gasteiger partial charge in [0.1, 0.15) is 4.33 Å². The highest BCUT2D eigenvalue weighted by atomic mass is 35.5. The number of nitrogens with one attached hydrogen (secondary N) is 1. The Morgan fingerprint density at radius 1 is 1.71 bits per heavy atom. The number of anilines is 1. The van der Waals surface area contributed by atoms with Crippen molar-refractivity contribution < 1.29 is 0 Å². The Kier molecular flexibility index (Phi) is 2.91. The molecule has 1 aliphatic carbocycles. The summed E-state index contributed by atoms with van der Waals surface area (Å²) >= 11 is 13.5. The molecular formula is C9H12Cl2N2S. The van der Waals surface area contributed by atoms with E-state index in [9.17, 15) is 0 Å². The van der Waals surface area contributed by atoms with Crippen LogP contribution in [0.2, 0.25) is 0 Å². The van der Waals surface area contributed by atoms with Crippen LogP contribution in [0.1, 0.15) is 19.0 Å². The molecular weight excluding hydrogens is 239 g/mol. The molecule has 1 fully saturated rings. The van der Waals surface area contributed by atoms with Gasteiger partial charge < -0.3 is 5.32 Å². The first-order valence-corrected chi connectivity index (χ1v) is 6.31. The Morgan fingerprint density at radius 3 is 2.93 bits per heavy atom. The predicted octanol–water partition coefficient (Wildman–Crippen LogP) is 3.31. The van der Waals surface area contributed by atoms with E-state index in [0.29, 0.717) is 5.92 Å². The van der Waals surface area contributed by atoms with Gasteiger partial charge in [-0.25, -0.2) is 4.98 Å². The maximum absolute atomic E-state index is 5.91. The van der Waals surface area contributed by atoms with Crippen molar-refractivity contribution in [1.82, 2.24) is 4.98 Å². The van der Waals surface area contributed by atoms with Gasteiger partial charge in [-0.3, -0.25) is 0 Å². The second-order valence-corrected chi connectivity index (χ2v) is 5.94. The number of alkyl halides is 2. The van der Waals surface area contributed by atoms with Crippen LogP contribution in [-0.2, 0) is 6.42 Å². The Bertz CT molecular complexity index is 324. The molecule has 0 radical (unpaired) electrons. The van der Waals surface area contributed by atoms with Crippen molar-refractivity contribution in [2.24, 2.45) is 5.92 Å². The van der Waals surface area contributed by atoms with Crippen LogP contribution in [0.3, 0.4) is 0 Å².